The number of carbonyl (C=O) groups excluding carboxylic acids is 2. The first kappa shape index (κ1) is 22.6. The van der Waals surface area contributed by atoms with Gasteiger partial charge < -0.3 is 20.1 Å². The maximum Gasteiger partial charge on any atom is 0.266 e. The molecule has 0 unspecified atom stereocenters. The predicted molar refractivity (Wildman–Crippen MR) is 121 cm³/mol. The van der Waals surface area contributed by atoms with Crippen LogP contribution in [0, 0.1) is 0 Å². The van der Waals surface area contributed by atoms with Gasteiger partial charge in [-0.2, -0.15) is 0 Å². The van der Waals surface area contributed by atoms with E-state index in [0.29, 0.717) is 40.2 Å². The molecule has 1 aromatic carbocycles. The quantitative estimate of drug-likeness (QED) is 0.450. The number of benzene rings is 1. The van der Waals surface area contributed by atoms with Crippen molar-refractivity contribution in [3.63, 3.8) is 0 Å². The molecule has 162 valence electrons. The van der Waals surface area contributed by atoms with Crippen molar-refractivity contribution >= 4 is 40.7 Å². The van der Waals surface area contributed by atoms with E-state index in [1.165, 1.54) is 23.1 Å². The molecule has 3 aromatic rings. The zero-order valence-electron chi connectivity index (χ0n) is 17.1. The molecule has 2 aromatic heterocycles. The number of methoxy groups -OCH3 is 2. The van der Waals surface area contributed by atoms with Gasteiger partial charge in [0.15, 0.2) is 17.3 Å². The molecule has 0 radical (unpaired) electrons. The highest BCUT2D eigenvalue weighted by Gasteiger charge is 2.09. The highest BCUT2D eigenvalue weighted by Crippen LogP contribution is 2.27. The molecule has 0 saturated carbocycles. The smallest absolute Gasteiger partial charge is 0.266 e. The summed E-state index contributed by atoms with van der Waals surface area (Å²) in [6.45, 7) is 0.508. The molecule has 0 spiro atoms. The Morgan fingerprint density at radius 1 is 1.06 bits per heavy atom. The summed E-state index contributed by atoms with van der Waals surface area (Å²) in [4.78, 5) is 24.7. The minimum Gasteiger partial charge on any atom is -0.493 e. The Balaban J connectivity index is 1.40. The van der Waals surface area contributed by atoms with E-state index < -0.39 is 0 Å². The molecule has 0 atom stereocenters. The fraction of sp³-hybridized carbons (Fsp3) is 0.238. The number of aromatic nitrogens is 2. The Morgan fingerprint density at radius 3 is 2.58 bits per heavy atom. The van der Waals surface area contributed by atoms with Crippen LogP contribution in [0.1, 0.15) is 15.2 Å². The van der Waals surface area contributed by atoms with Gasteiger partial charge in [0.2, 0.25) is 5.91 Å². The van der Waals surface area contributed by atoms with Crippen LogP contribution in [-0.2, 0) is 11.2 Å². The molecule has 0 bridgehead atoms. The average Bonchev–Trinajstić information content (AvgIpc) is 3.34. The Morgan fingerprint density at radius 2 is 1.90 bits per heavy atom. The van der Waals surface area contributed by atoms with Crippen molar-refractivity contribution in [3.8, 4) is 11.5 Å². The summed E-state index contributed by atoms with van der Waals surface area (Å²) in [5.74, 6) is 1.60. The summed E-state index contributed by atoms with van der Waals surface area (Å²) in [6.07, 6.45) is 0.676. The summed E-state index contributed by atoms with van der Waals surface area (Å²) in [7, 11) is 3.18. The van der Waals surface area contributed by atoms with E-state index in [-0.39, 0.29) is 17.6 Å². The van der Waals surface area contributed by atoms with Crippen molar-refractivity contribution in [2.45, 2.75) is 11.4 Å². The molecule has 0 aliphatic heterocycles. The number of hydrogen-bond acceptors (Lipinski definition) is 8. The van der Waals surface area contributed by atoms with Crippen molar-refractivity contribution in [1.29, 1.82) is 0 Å². The normalized spacial score (nSPS) is 10.4. The molecule has 0 fully saturated rings. The van der Waals surface area contributed by atoms with Crippen molar-refractivity contribution < 1.29 is 19.1 Å². The van der Waals surface area contributed by atoms with E-state index >= 15 is 0 Å². The number of ether oxygens (including phenoxy) is 2. The molecule has 0 aliphatic carbocycles. The Hall–Kier alpha value is -3.11. The first-order chi connectivity index (χ1) is 15.1. The first-order valence-corrected chi connectivity index (χ1v) is 11.2. The number of hydrogen-bond donors (Lipinski definition) is 2. The van der Waals surface area contributed by atoms with Gasteiger partial charge in [-0.3, -0.25) is 9.59 Å². The number of nitrogens with zero attached hydrogens (tertiary/aromatic N) is 2. The van der Waals surface area contributed by atoms with Crippen LogP contribution < -0.4 is 20.1 Å². The fourth-order valence-electron chi connectivity index (χ4n) is 2.62. The third kappa shape index (κ3) is 6.69. The van der Waals surface area contributed by atoms with Gasteiger partial charge in [-0.25, -0.2) is 0 Å². The van der Waals surface area contributed by atoms with Gasteiger partial charge in [-0.15, -0.1) is 21.5 Å². The first-order valence-electron chi connectivity index (χ1n) is 9.38. The van der Waals surface area contributed by atoms with Gasteiger partial charge in [-0.1, -0.05) is 23.9 Å². The third-order valence-corrected chi connectivity index (χ3v) is 5.95. The van der Waals surface area contributed by atoms with Gasteiger partial charge in [0.05, 0.1) is 24.8 Å². The zero-order valence-corrected chi connectivity index (χ0v) is 18.7. The number of anilines is 1. The molecule has 2 amide bonds. The number of carbonyl (C=O) groups is 2. The van der Waals surface area contributed by atoms with Crippen LogP contribution in [0.2, 0.25) is 0 Å². The number of thioether (sulfide) groups is 1. The Bertz CT molecular complexity index is 1010. The van der Waals surface area contributed by atoms with Crippen LogP contribution in [0.15, 0.2) is 52.9 Å². The number of nitrogens with one attached hydrogen (secondary N) is 2. The lowest BCUT2D eigenvalue weighted by molar-refractivity contribution is -0.118. The topological polar surface area (TPSA) is 102 Å². The SMILES string of the molecule is COc1ccc(CCNC(=O)CSc2ccc(NC(=O)c3cccs3)nn2)cc1OC. The number of rotatable bonds is 10. The second-order valence-corrected chi connectivity index (χ2v) is 8.21. The molecule has 0 aliphatic rings. The lowest BCUT2D eigenvalue weighted by Gasteiger charge is -2.10. The van der Waals surface area contributed by atoms with Gasteiger partial charge in [0.1, 0.15) is 5.03 Å². The largest absolute Gasteiger partial charge is 0.493 e. The average molecular weight is 459 g/mol. The molecule has 10 heteroatoms. The van der Waals surface area contributed by atoms with Crippen LogP contribution >= 0.6 is 23.1 Å². The van der Waals surface area contributed by atoms with Crippen LogP contribution in [0.5, 0.6) is 11.5 Å². The van der Waals surface area contributed by atoms with E-state index in [2.05, 4.69) is 20.8 Å². The molecule has 2 heterocycles. The number of amides is 2. The molecule has 31 heavy (non-hydrogen) atoms. The highest BCUT2D eigenvalue weighted by atomic mass is 32.2. The van der Waals surface area contributed by atoms with E-state index in [1.54, 1.807) is 32.4 Å². The maximum absolute atomic E-state index is 12.1. The van der Waals surface area contributed by atoms with Crippen LogP contribution in [0.4, 0.5) is 5.82 Å². The van der Waals surface area contributed by atoms with Gasteiger partial charge >= 0.3 is 0 Å². The zero-order chi connectivity index (χ0) is 22.1. The highest BCUT2D eigenvalue weighted by molar-refractivity contribution is 7.99. The molecule has 8 nitrogen and oxygen atoms in total. The molecule has 3 rings (SSSR count). The molecular formula is C21H22N4O4S2. The minimum absolute atomic E-state index is 0.0950. The fourth-order valence-corrected chi connectivity index (χ4v) is 3.89. The summed E-state index contributed by atoms with van der Waals surface area (Å²) in [5.41, 5.74) is 1.04. The van der Waals surface area contributed by atoms with E-state index in [9.17, 15) is 9.59 Å². The van der Waals surface area contributed by atoms with Crippen LogP contribution in [0.25, 0.3) is 0 Å². The van der Waals surface area contributed by atoms with E-state index in [0.717, 1.165) is 5.56 Å². The Labute approximate surface area is 188 Å². The summed E-state index contributed by atoms with van der Waals surface area (Å²) >= 11 is 2.63. The molecule has 0 saturated heterocycles. The second-order valence-electron chi connectivity index (χ2n) is 6.27. The summed E-state index contributed by atoms with van der Waals surface area (Å²) < 4.78 is 10.5. The lowest BCUT2D eigenvalue weighted by Crippen LogP contribution is -2.27. The molecule has 2 N–H and O–H groups in total. The van der Waals surface area contributed by atoms with Crippen LogP contribution in [0.3, 0.4) is 0 Å². The van der Waals surface area contributed by atoms with E-state index in [1.807, 2.05) is 29.6 Å². The maximum atomic E-state index is 12.1. The second kappa shape index (κ2) is 11.3. The standard InChI is InChI=1S/C21H22N4O4S2/c1-28-15-6-5-14(12-16(15)29-2)9-10-22-19(26)13-31-20-8-7-18(24-25-20)23-21(27)17-4-3-11-30-17/h3-8,11-12H,9-10,13H2,1-2H3,(H,22,26)(H,23,24,27). The lowest BCUT2D eigenvalue weighted by atomic mass is 10.1. The van der Waals surface area contributed by atoms with Crippen LogP contribution in [-0.4, -0.2) is 48.5 Å². The minimum atomic E-state index is -0.224. The van der Waals surface area contributed by atoms with Crippen molar-refractivity contribution in [3.05, 3.63) is 58.3 Å². The predicted octanol–water partition coefficient (Wildman–Crippen LogP) is 3.26. The van der Waals surface area contributed by atoms with Crippen molar-refractivity contribution in [2.75, 3.05) is 31.8 Å². The van der Waals surface area contributed by atoms with Gasteiger partial charge in [0.25, 0.3) is 5.91 Å². The summed E-state index contributed by atoms with van der Waals surface area (Å²) in [5, 5.41) is 16.0. The summed E-state index contributed by atoms with van der Waals surface area (Å²) in [6, 6.07) is 12.6. The monoisotopic (exact) mass is 458 g/mol. The van der Waals surface area contributed by atoms with Crippen molar-refractivity contribution in [1.82, 2.24) is 15.5 Å². The molecular weight excluding hydrogens is 436 g/mol. The number of thiophene rings is 1. The van der Waals surface area contributed by atoms with Gasteiger partial charge in [0, 0.05) is 6.54 Å². The Kier molecular flexibility index (Phi) is 8.25. The van der Waals surface area contributed by atoms with E-state index in [4.69, 9.17) is 9.47 Å². The van der Waals surface area contributed by atoms with Gasteiger partial charge in [-0.05, 0) is 47.7 Å². The van der Waals surface area contributed by atoms with Crippen molar-refractivity contribution in [2.24, 2.45) is 0 Å². The third-order valence-electron chi connectivity index (χ3n) is 4.16.